The summed E-state index contributed by atoms with van der Waals surface area (Å²) >= 11 is 0. The number of nitrogens with one attached hydrogen (secondary N) is 2. The van der Waals surface area contributed by atoms with Crippen molar-refractivity contribution in [3.8, 4) is 0 Å². The van der Waals surface area contributed by atoms with Crippen LogP contribution in [0.2, 0.25) is 0 Å². The molecule has 2 N–H and O–H groups in total. The predicted octanol–water partition coefficient (Wildman–Crippen LogP) is 2.73. The number of aromatic nitrogens is 1. The molecule has 1 saturated carbocycles. The molecule has 1 aromatic rings. The van der Waals surface area contributed by atoms with Gasteiger partial charge in [-0.2, -0.15) is 13.2 Å². The highest BCUT2D eigenvalue weighted by Crippen LogP contribution is 2.49. The number of pyridine rings is 1. The summed E-state index contributed by atoms with van der Waals surface area (Å²) in [6, 6.07) is 1.42. The Labute approximate surface area is 114 Å². The molecule has 0 aromatic carbocycles. The highest BCUT2D eigenvalue weighted by Gasteiger charge is 2.64. The maximum absolute atomic E-state index is 12.8. The first-order valence-electron chi connectivity index (χ1n) is 6.47. The Morgan fingerprint density at radius 2 is 2.15 bits per heavy atom. The number of carbonyl (C=O) groups is 1. The largest absolute Gasteiger partial charge is 0.411 e. The summed E-state index contributed by atoms with van der Waals surface area (Å²) in [6.07, 6.45) is -0.873. The molecular weight excluding hydrogens is 271 g/mol. The van der Waals surface area contributed by atoms with Crippen LogP contribution >= 0.6 is 0 Å². The molecule has 1 aromatic heterocycles. The van der Waals surface area contributed by atoms with Crippen molar-refractivity contribution in [2.75, 3.05) is 11.9 Å². The molecule has 110 valence electrons. The first kappa shape index (κ1) is 14.6. The third kappa shape index (κ3) is 2.86. The fourth-order valence-electron chi connectivity index (χ4n) is 1.88. The van der Waals surface area contributed by atoms with Crippen LogP contribution in [0.25, 0.3) is 0 Å². The maximum atomic E-state index is 12.8. The Kier molecular flexibility index (Phi) is 3.87. The molecule has 1 fully saturated rings. The van der Waals surface area contributed by atoms with Crippen LogP contribution in [0.3, 0.4) is 0 Å². The standard InChI is InChI=1S/C13H16F3N3O/c1-2-6-18-10-8-17-7-3-9(10)11(20)19-12(4-5-12)13(14,15)16/h3,7-8,18H,2,4-6H2,1H3,(H,19,20). The average Bonchev–Trinajstić information content (AvgIpc) is 3.17. The molecule has 1 heterocycles. The summed E-state index contributed by atoms with van der Waals surface area (Å²) in [5.41, 5.74) is -1.41. The van der Waals surface area contributed by atoms with Crippen molar-refractivity contribution in [1.29, 1.82) is 0 Å². The molecule has 0 atom stereocenters. The molecule has 0 aliphatic heterocycles. The lowest BCUT2D eigenvalue weighted by molar-refractivity contribution is -0.163. The van der Waals surface area contributed by atoms with E-state index in [-0.39, 0.29) is 18.4 Å². The Bertz CT molecular complexity index is 498. The first-order valence-corrected chi connectivity index (χ1v) is 6.47. The quantitative estimate of drug-likeness (QED) is 0.875. The minimum Gasteiger partial charge on any atom is -0.383 e. The van der Waals surface area contributed by atoms with Crippen LogP contribution in [0.15, 0.2) is 18.5 Å². The number of carbonyl (C=O) groups excluding carboxylic acids is 1. The van der Waals surface area contributed by atoms with E-state index in [9.17, 15) is 18.0 Å². The van der Waals surface area contributed by atoms with Gasteiger partial charge in [-0.1, -0.05) is 6.92 Å². The molecule has 0 spiro atoms. The van der Waals surface area contributed by atoms with Crippen molar-refractivity contribution in [2.24, 2.45) is 0 Å². The molecule has 0 saturated heterocycles. The van der Waals surface area contributed by atoms with Gasteiger partial charge < -0.3 is 10.6 Å². The number of hydrogen-bond donors (Lipinski definition) is 2. The van der Waals surface area contributed by atoms with Gasteiger partial charge in [0.05, 0.1) is 17.4 Å². The molecule has 0 radical (unpaired) electrons. The van der Waals surface area contributed by atoms with Gasteiger partial charge in [0.25, 0.3) is 5.91 Å². The number of amides is 1. The van der Waals surface area contributed by atoms with Gasteiger partial charge in [0.1, 0.15) is 5.54 Å². The van der Waals surface area contributed by atoms with E-state index in [4.69, 9.17) is 0 Å². The minimum atomic E-state index is -4.41. The van der Waals surface area contributed by atoms with Crippen LogP contribution < -0.4 is 10.6 Å². The van der Waals surface area contributed by atoms with Gasteiger partial charge in [0.15, 0.2) is 0 Å². The van der Waals surface area contributed by atoms with Crippen molar-refractivity contribution in [3.05, 3.63) is 24.0 Å². The fourth-order valence-corrected chi connectivity index (χ4v) is 1.88. The third-order valence-electron chi connectivity index (χ3n) is 3.28. The van der Waals surface area contributed by atoms with Gasteiger partial charge in [0.2, 0.25) is 0 Å². The Morgan fingerprint density at radius 3 is 2.70 bits per heavy atom. The summed E-state index contributed by atoms with van der Waals surface area (Å²) in [4.78, 5) is 15.9. The molecular formula is C13H16F3N3O. The van der Waals surface area contributed by atoms with E-state index in [0.29, 0.717) is 12.2 Å². The highest BCUT2D eigenvalue weighted by atomic mass is 19.4. The van der Waals surface area contributed by atoms with Gasteiger partial charge in [-0.05, 0) is 25.3 Å². The van der Waals surface area contributed by atoms with Crippen molar-refractivity contribution < 1.29 is 18.0 Å². The van der Waals surface area contributed by atoms with Crippen molar-refractivity contribution in [2.45, 2.75) is 37.9 Å². The van der Waals surface area contributed by atoms with Gasteiger partial charge in [-0.3, -0.25) is 9.78 Å². The summed E-state index contributed by atoms with van der Waals surface area (Å²) in [5.74, 6) is -0.721. The Hall–Kier alpha value is -1.79. The van der Waals surface area contributed by atoms with Crippen molar-refractivity contribution >= 4 is 11.6 Å². The predicted molar refractivity (Wildman–Crippen MR) is 68.5 cm³/mol. The second kappa shape index (κ2) is 5.30. The van der Waals surface area contributed by atoms with Crippen LogP contribution in [0.4, 0.5) is 18.9 Å². The second-order valence-corrected chi connectivity index (χ2v) is 4.88. The summed E-state index contributed by atoms with van der Waals surface area (Å²) < 4.78 is 38.5. The van der Waals surface area contributed by atoms with E-state index < -0.39 is 17.6 Å². The molecule has 0 unspecified atom stereocenters. The zero-order chi connectivity index (χ0) is 14.8. The number of rotatable bonds is 5. The SMILES string of the molecule is CCCNc1cnccc1C(=O)NC1(C(F)(F)F)CC1. The molecule has 2 rings (SSSR count). The van der Waals surface area contributed by atoms with E-state index in [0.717, 1.165) is 6.42 Å². The Balaban J connectivity index is 2.14. The van der Waals surface area contributed by atoms with E-state index in [1.807, 2.05) is 6.92 Å². The molecule has 7 heteroatoms. The number of nitrogens with zero attached hydrogens (tertiary/aromatic N) is 1. The molecule has 1 aliphatic carbocycles. The van der Waals surface area contributed by atoms with Gasteiger partial charge in [-0.15, -0.1) is 0 Å². The normalized spacial score (nSPS) is 16.6. The second-order valence-electron chi connectivity index (χ2n) is 4.88. The number of anilines is 1. The molecule has 4 nitrogen and oxygen atoms in total. The molecule has 1 aliphatic rings. The smallest absolute Gasteiger partial charge is 0.383 e. The van der Waals surface area contributed by atoms with Crippen molar-refractivity contribution in [3.63, 3.8) is 0 Å². The highest BCUT2D eigenvalue weighted by molar-refractivity contribution is 6.00. The van der Waals surface area contributed by atoms with E-state index in [1.165, 1.54) is 18.5 Å². The maximum Gasteiger partial charge on any atom is 0.411 e. The average molecular weight is 287 g/mol. The molecule has 20 heavy (non-hydrogen) atoms. The van der Waals surface area contributed by atoms with Crippen molar-refractivity contribution in [1.82, 2.24) is 10.3 Å². The van der Waals surface area contributed by atoms with E-state index in [2.05, 4.69) is 15.6 Å². The lowest BCUT2D eigenvalue weighted by atomic mass is 10.1. The van der Waals surface area contributed by atoms with E-state index >= 15 is 0 Å². The monoisotopic (exact) mass is 287 g/mol. The minimum absolute atomic E-state index is 0.0644. The third-order valence-corrected chi connectivity index (χ3v) is 3.28. The van der Waals surface area contributed by atoms with Crippen LogP contribution in [0.5, 0.6) is 0 Å². The lowest BCUT2D eigenvalue weighted by Gasteiger charge is -2.21. The summed E-state index contributed by atoms with van der Waals surface area (Å²) in [7, 11) is 0. The topological polar surface area (TPSA) is 54.0 Å². The van der Waals surface area contributed by atoms with E-state index in [1.54, 1.807) is 0 Å². The number of hydrogen-bond acceptors (Lipinski definition) is 3. The lowest BCUT2D eigenvalue weighted by Crippen LogP contribution is -2.48. The zero-order valence-corrected chi connectivity index (χ0v) is 11.0. The zero-order valence-electron chi connectivity index (χ0n) is 11.0. The van der Waals surface area contributed by atoms with Gasteiger partial charge in [0, 0.05) is 12.7 Å². The van der Waals surface area contributed by atoms with Gasteiger partial charge >= 0.3 is 6.18 Å². The van der Waals surface area contributed by atoms with Gasteiger partial charge in [-0.25, -0.2) is 0 Å². The number of alkyl halides is 3. The van der Waals surface area contributed by atoms with Crippen LogP contribution in [0.1, 0.15) is 36.5 Å². The summed E-state index contributed by atoms with van der Waals surface area (Å²) in [6.45, 7) is 2.57. The van der Waals surface area contributed by atoms with Crippen LogP contribution in [-0.2, 0) is 0 Å². The summed E-state index contributed by atoms with van der Waals surface area (Å²) in [5, 5.41) is 5.09. The van der Waals surface area contributed by atoms with Crippen LogP contribution in [0, 0.1) is 0 Å². The molecule has 0 bridgehead atoms. The van der Waals surface area contributed by atoms with Crippen LogP contribution in [-0.4, -0.2) is 29.2 Å². The fraction of sp³-hybridized carbons (Fsp3) is 0.538. The first-order chi connectivity index (χ1) is 9.39. The number of halogens is 3. The molecule has 1 amide bonds. The Morgan fingerprint density at radius 1 is 1.45 bits per heavy atom.